The van der Waals surface area contributed by atoms with Gasteiger partial charge in [-0.3, -0.25) is 29.3 Å². The molecule has 2 fully saturated rings. The number of ether oxygens (including phenoxy) is 1. The van der Waals surface area contributed by atoms with E-state index in [1.165, 1.54) is 47.7 Å². The van der Waals surface area contributed by atoms with Gasteiger partial charge in [0.15, 0.2) is 5.78 Å². The second-order valence-electron chi connectivity index (χ2n) is 9.47. The van der Waals surface area contributed by atoms with Gasteiger partial charge in [0.1, 0.15) is 17.2 Å². The van der Waals surface area contributed by atoms with Crippen LogP contribution < -0.4 is 4.74 Å². The van der Waals surface area contributed by atoms with Crippen LogP contribution in [0.25, 0.3) is 0 Å². The molecule has 40 heavy (non-hydrogen) atoms. The summed E-state index contributed by atoms with van der Waals surface area (Å²) in [5.41, 5.74) is -0.1000. The van der Waals surface area contributed by atoms with E-state index in [1.807, 2.05) is 0 Å². The Morgan fingerprint density at radius 2 is 1.52 bits per heavy atom. The van der Waals surface area contributed by atoms with Crippen LogP contribution in [0.3, 0.4) is 0 Å². The normalized spacial score (nSPS) is 18.2. The first kappa shape index (κ1) is 26.9. The number of hydrogen-bond donors (Lipinski definition) is 0. The molecule has 3 aromatic rings. The third kappa shape index (κ3) is 5.25. The molecule has 1 aliphatic carbocycles. The number of hydrazine groups is 1. The average molecular weight is 562 g/mol. The molecule has 0 N–H and O–H groups in total. The van der Waals surface area contributed by atoms with Crippen LogP contribution in [0.5, 0.6) is 5.75 Å². The highest BCUT2D eigenvalue weighted by molar-refractivity contribution is 7.12. The minimum atomic E-state index is -0.815. The monoisotopic (exact) mass is 561 g/mol. The van der Waals surface area contributed by atoms with E-state index >= 15 is 0 Å². The fourth-order valence-corrected chi connectivity index (χ4v) is 5.58. The van der Waals surface area contributed by atoms with Crippen molar-refractivity contribution in [3.63, 3.8) is 0 Å². The largest absolute Gasteiger partial charge is 0.422 e. The molecule has 3 amide bonds. The van der Waals surface area contributed by atoms with Crippen molar-refractivity contribution in [3.8, 4) is 5.75 Å². The third-order valence-electron chi connectivity index (χ3n) is 7.02. The number of fused-ring (bicyclic) bond motifs is 1. The number of nitro groups is 1. The number of amides is 3. The van der Waals surface area contributed by atoms with Crippen LogP contribution >= 0.6 is 11.3 Å². The number of hydrogen-bond acceptors (Lipinski definition) is 9. The van der Waals surface area contributed by atoms with E-state index in [0.29, 0.717) is 17.7 Å². The number of carbonyl (C=O) groups is 5. The number of nitro benzene ring substituents is 1. The Morgan fingerprint density at radius 1 is 0.925 bits per heavy atom. The minimum Gasteiger partial charge on any atom is -0.422 e. The lowest BCUT2D eigenvalue weighted by atomic mass is 9.81. The summed E-state index contributed by atoms with van der Waals surface area (Å²) in [5, 5.41) is 14.4. The number of non-ortho nitro benzene ring substituents is 1. The van der Waals surface area contributed by atoms with Gasteiger partial charge < -0.3 is 4.74 Å². The van der Waals surface area contributed by atoms with Crippen LogP contribution in [0.1, 0.15) is 56.1 Å². The smallest absolute Gasteiger partial charge is 0.353 e. The fraction of sp³-hybridized carbons (Fsp3) is 0.250. The second kappa shape index (κ2) is 11.2. The van der Waals surface area contributed by atoms with E-state index in [0.717, 1.165) is 35.0 Å². The van der Waals surface area contributed by atoms with Gasteiger partial charge in [0.2, 0.25) is 0 Å². The van der Waals surface area contributed by atoms with Crippen LogP contribution in [0.15, 0.2) is 66.0 Å². The number of carbonyl (C=O) groups excluding carboxylic acids is 5. The van der Waals surface area contributed by atoms with Crippen molar-refractivity contribution < 1.29 is 33.6 Å². The topological polar surface area (TPSA) is 144 Å². The molecule has 1 aliphatic heterocycles. The van der Waals surface area contributed by atoms with Gasteiger partial charge in [0.25, 0.3) is 23.4 Å². The van der Waals surface area contributed by atoms with Crippen LogP contribution in [-0.2, 0) is 9.59 Å². The lowest BCUT2D eigenvalue weighted by Crippen LogP contribution is -2.52. The van der Waals surface area contributed by atoms with E-state index in [1.54, 1.807) is 17.5 Å². The van der Waals surface area contributed by atoms with E-state index in [2.05, 4.69) is 0 Å². The molecule has 0 spiro atoms. The first-order valence-electron chi connectivity index (χ1n) is 12.6. The number of Topliss-reactive ketones (excluding diaryl/α,β-unsaturated/α-hetero) is 1. The number of benzene rings is 2. The van der Waals surface area contributed by atoms with Gasteiger partial charge in [0, 0.05) is 23.3 Å². The van der Waals surface area contributed by atoms with Gasteiger partial charge in [-0.15, -0.1) is 11.3 Å². The maximum Gasteiger partial charge on any atom is 0.353 e. The molecular weight excluding hydrogens is 538 g/mol. The highest BCUT2D eigenvalue weighted by Gasteiger charge is 2.51. The summed E-state index contributed by atoms with van der Waals surface area (Å²) in [6.07, 6.45) is 2.61. The first-order valence-corrected chi connectivity index (χ1v) is 13.5. The number of nitrogens with zero attached hydrogens (tertiary/aromatic N) is 3. The zero-order valence-corrected chi connectivity index (χ0v) is 21.9. The molecular formula is C28H23N3O8S. The van der Waals surface area contributed by atoms with E-state index < -0.39 is 52.8 Å². The van der Waals surface area contributed by atoms with E-state index in [9.17, 15) is 34.1 Å². The Labute approximate surface area is 232 Å². The lowest BCUT2D eigenvalue weighted by Gasteiger charge is -2.30. The summed E-state index contributed by atoms with van der Waals surface area (Å²) in [6.45, 7) is -0.624. The van der Waals surface area contributed by atoms with E-state index in [4.69, 9.17) is 4.74 Å². The molecule has 0 unspecified atom stereocenters. The first-order chi connectivity index (χ1) is 19.2. The number of imide groups is 1. The molecule has 2 aliphatic rings. The number of thiophene rings is 1. The van der Waals surface area contributed by atoms with Crippen molar-refractivity contribution >= 4 is 46.5 Å². The zero-order valence-electron chi connectivity index (χ0n) is 21.1. The van der Waals surface area contributed by atoms with Gasteiger partial charge >= 0.3 is 5.97 Å². The summed E-state index contributed by atoms with van der Waals surface area (Å²) >= 11 is 1.23. The Balaban J connectivity index is 1.39. The van der Waals surface area contributed by atoms with E-state index in [-0.39, 0.29) is 22.6 Å². The SMILES string of the molecule is O=C(CN(C(=O)c1ccc([N+](=O)[O-])cc1)N1C(=O)[C@H]2CCCC[C@H]2C1=O)c1ccc(OC(=O)c2cccs2)cc1. The molecule has 5 rings (SSSR count). The van der Waals surface area contributed by atoms with Crippen molar-refractivity contribution in [2.24, 2.45) is 11.8 Å². The summed E-state index contributed by atoms with van der Waals surface area (Å²) in [5.74, 6) is -3.89. The van der Waals surface area contributed by atoms with Crippen molar-refractivity contribution in [3.05, 3.63) is 92.2 Å². The average Bonchev–Trinajstić information content (AvgIpc) is 3.59. The predicted octanol–water partition coefficient (Wildman–Crippen LogP) is 4.29. The molecule has 12 heteroatoms. The summed E-state index contributed by atoms with van der Waals surface area (Å²) in [4.78, 5) is 76.5. The molecule has 11 nitrogen and oxygen atoms in total. The maximum atomic E-state index is 13.6. The Morgan fingerprint density at radius 3 is 2.08 bits per heavy atom. The third-order valence-corrected chi connectivity index (χ3v) is 7.87. The fourth-order valence-electron chi connectivity index (χ4n) is 4.98. The van der Waals surface area contributed by atoms with Crippen molar-refractivity contribution in [1.82, 2.24) is 10.0 Å². The number of ketones is 1. The lowest BCUT2D eigenvalue weighted by molar-refractivity contribution is -0.384. The highest BCUT2D eigenvalue weighted by Crippen LogP contribution is 2.39. The molecule has 2 aromatic carbocycles. The maximum absolute atomic E-state index is 13.6. The molecule has 0 bridgehead atoms. The van der Waals surface area contributed by atoms with Crippen LogP contribution in [0.4, 0.5) is 5.69 Å². The Kier molecular flexibility index (Phi) is 7.52. The summed E-state index contributed by atoms with van der Waals surface area (Å²) in [6, 6.07) is 13.7. The minimum absolute atomic E-state index is 0.0234. The Hall–Kier alpha value is -4.71. The molecule has 2 heterocycles. The summed E-state index contributed by atoms with van der Waals surface area (Å²) in [7, 11) is 0. The number of esters is 1. The standard InChI is InChI=1S/C28H23N3O8S/c32-23(17-9-13-20(14-10-17)39-28(36)24-6-3-15-40-24)16-29(25(33)18-7-11-19(12-8-18)31(37)38)30-26(34)21-4-1-2-5-22(21)27(30)35/h3,6-15,21-22H,1-2,4-5,16H2/t21-,22+. The summed E-state index contributed by atoms with van der Waals surface area (Å²) < 4.78 is 5.31. The van der Waals surface area contributed by atoms with Gasteiger partial charge in [-0.25, -0.2) is 9.80 Å². The molecule has 2 atom stereocenters. The zero-order chi connectivity index (χ0) is 28.4. The van der Waals surface area contributed by atoms with Crippen molar-refractivity contribution in [1.29, 1.82) is 0 Å². The van der Waals surface area contributed by atoms with Crippen molar-refractivity contribution in [2.75, 3.05) is 6.54 Å². The molecule has 1 saturated heterocycles. The molecule has 0 radical (unpaired) electrons. The predicted molar refractivity (Wildman–Crippen MR) is 141 cm³/mol. The van der Waals surface area contributed by atoms with Gasteiger partial charge in [0.05, 0.1) is 16.8 Å². The molecule has 1 aromatic heterocycles. The van der Waals surface area contributed by atoms with Gasteiger partial charge in [-0.1, -0.05) is 18.9 Å². The van der Waals surface area contributed by atoms with Crippen molar-refractivity contribution in [2.45, 2.75) is 25.7 Å². The molecule has 204 valence electrons. The Bertz CT molecular complexity index is 1460. The van der Waals surface area contributed by atoms with Gasteiger partial charge in [-0.05, 0) is 60.7 Å². The number of rotatable bonds is 8. The van der Waals surface area contributed by atoms with Gasteiger partial charge in [-0.2, -0.15) is 5.01 Å². The second-order valence-corrected chi connectivity index (χ2v) is 10.4. The highest BCUT2D eigenvalue weighted by atomic mass is 32.1. The van der Waals surface area contributed by atoms with Crippen LogP contribution in [-0.4, -0.2) is 51.0 Å². The van der Waals surface area contributed by atoms with Crippen LogP contribution in [0.2, 0.25) is 0 Å². The molecule has 1 saturated carbocycles. The van der Waals surface area contributed by atoms with Crippen LogP contribution in [0, 0.1) is 22.0 Å². The quantitative estimate of drug-likeness (QED) is 0.0989.